The largest absolute Gasteiger partial charge is 0.465 e. The Morgan fingerprint density at radius 3 is 2.81 bits per heavy atom. The van der Waals surface area contributed by atoms with Crippen LogP contribution in [0.25, 0.3) is 0 Å². The van der Waals surface area contributed by atoms with Crippen molar-refractivity contribution in [2.24, 2.45) is 0 Å². The number of alkyl halides is 3. The molecule has 11 heteroatoms. The summed E-state index contributed by atoms with van der Waals surface area (Å²) < 4.78 is 54.0. The molecule has 1 unspecified atom stereocenters. The van der Waals surface area contributed by atoms with Crippen molar-refractivity contribution in [2.45, 2.75) is 24.7 Å². The number of amides is 1. The first-order chi connectivity index (χ1) is 12.4. The van der Waals surface area contributed by atoms with Gasteiger partial charge in [0, 0.05) is 12.5 Å². The lowest BCUT2D eigenvalue weighted by Gasteiger charge is -2.19. The smallest absolute Gasteiger partial charge is 0.433 e. The number of rotatable bonds is 5. The van der Waals surface area contributed by atoms with E-state index in [1.807, 2.05) is 0 Å². The number of nitrogens with zero attached hydrogens (tertiary/aromatic N) is 3. The summed E-state index contributed by atoms with van der Waals surface area (Å²) in [5.41, 5.74) is -1.37. The first kappa shape index (κ1) is 17.5. The van der Waals surface area contributed by atoms with Crippen LogP contribution in [-0.4, -0.2) is 28.9 Å². The molecule has 3 rings (SSSR count). The molecule has 2 aromatic rings. The molecule has 3 heterocycles. The molecule has 0 radical (unpaired) electrons. The summed E-state index contributed by atoms with van der Waals surface area (Å²) in [5, 5.41) is 15.2. The highest BCUT2D eigenvalue weighted by atomic mass is 19.4. The standard InChI is InChI=1S/C15H11F3N4O4/c16-15(17,18)12-2-1-8(6-19)13(22-12)25-11(10-3-4-20-26-10)5-9-7-24-14(23)21-9/h1-4,9,11H,5,7H2,(H,21,23)/t9-,11?/m0/s1. The van der Waals surface area contributed by atoms with E-state index in [0.29, 0.717) is 6.07 Å². The summed E-state index contributed by atoms with van der Waals surface area (Å²) in [5.74, 6) is -0.289. The quantitative estimate of drug-likeness (QED) is 0.863. The van der Waals surface area contributed by atoms with E-state index in [0.717, 1.165) is 6.07 Å². The normalized spacial score (nSPS) is 17.9. The average molecular weight is 368 g/mol. The van der Waals surface area contributed by atoms with Gasteiger partial charge < -0.3 is 19.3 Å². The van der Waals surface area contributed by atoms with E-state index in [1.165, 1.54) is 12.3 Å². The Labute approximate surface area is 144 Å². The number of pyridine rings is 1. The van der Waals surface area contributed by atoms with E-state index in [-0.39, 0.29) is 24.4 Å². The van der Waals surface area contributed by atoms with Crippen molar-refractivity contribution in [3.8, 4) is 11.9 Å². The van der Waals surface area contributed by atoms with Crippen LogP contribution in [-0.2, 0) is 10.9 Å². The van der Waals surface area contributed by atoms with Crippen LogP contribution in [0.4, 0.5) is 18.0 Å². The van der Waals surface area contributed by atoms with Crippen LogP contribution in [0.1, 0.15) is 29.5 Å². The summed E-state index contributed by atoms with van der Waals surface area (Å²) in [4.78, 5) is 14.5. The van der Waals surface area contributed by atoms with Crippen LogP contribution < -0.4 is 10.1 Å². The number of cyclic esters (lactones) is 1. The minimum absolute atomic E-state index is 0.0634. The second-order valence-corrected chi connectivity index (χ2v) is 5.36. The molecule has 1 amide bonds. The number of nitriles is 1. The number of aromatic nitrogens is 2. The van der Waals surface area contributed by atoms with Gasteiger partial charge in [0.2, 0.25) is 5.88 Å². The molecule has 2 aromatic heterocycles. The van der Waals surface area contributed by atoms with Gasteiger partial charge in [0.05, 0.1) is 12.2 Å². The lowest BCUT2D eigenvalue weighted by Crippen LogP contribution is -2.29. The van der Waals surface area contributed by atoms with Crippen LogP contribution in [0.15, 0.2) is 28.9 Å². The molecule has 1 saturated heterocycles. The number of carbonyl (C=O) groups is 1. The Morgan fingerprint density at radius 2 is 2.23 bits per heavy atom. The second-order valence-electron chi connectivity index (χ2n) is 5.36. The lowest BCUT2D eigenvalue weighted by atomic mass is 10.1. The Kier molecular flexibility index (Phi) is 4.66. The molecule has 1 aliphatic rings. The van der Waals surface area contributed by atoms with Crippen LogP contribution in [0.2, 0.25) is 0 Å². The van der Waals surface area contributed by atoms with Gasteiger partial charge in [-0.3, -0.25) is 0 Å². The van der Waals surface area contributed by atoms with Gasteiger partial charge in [-0.15, -0.1) is 0 Å². The van der Waals surface area contributed by atoms with E-state index in [4.69, 9.17) is 19.3 Å². The highest BCUT2D eigenvalue weighted by molar-refractivity contribution is 5.69. The number of carbonyl (C=O) groups excluding carboxylic acids is 1. The molecule has 26 heavy (non-hydrogen) atoms. The van der Waals surface area contributed by atoms with Crippen molar-refractivity contribution >= 4 is 6.09 Å². The van der Waals surface area contributed by atoms with Crippen LogP contribution in [0.3, 0.4) is 0 Å². The molecule has 1 fully saturated rings. The number of hydrogen-bond acceptors (Lipinski definition) is 7. The van der Waals surface area contributed by atoms with Crippen molar-refractivity contribution in [3.63, 3.8) is 0 Å². The monoisotopic (exact) mass is 368 g/mol. The maximum Gasteiger partial charge on any atom is 0.433 e. The predicted octanol–water partition coefficient (Wildman–Crippen LogP) is 2.58. The SMILES string of the molecule is N#Cc1ccc(C(F)(F)F)nc1OC(C[C@H]1COC(=O)N1)c1ccno1. The maximum absolute atomic E-state index is 12.9. The minimum atomic E-state index is -4.69. The topological polar surface area (TPSA) is 110 Å². The van der Waals surface area contributed by atoms with Gasteiger partial charge in [-0.25, -0.2) is 9.78 Å². The van der Waals surface area contributed by atoms with Crippen molar-refractivity contribution in [2.75, 3.05) is 6.61 Å². The van der Waals surface area contributed by atoms with E-state index in [2.05, 4.69) is 15.5 Å². The second kappa shape index (κ2) is 6.91. The zero-order chi connectivity index (χ0) is 18.7. The van der Waals surface area contributed by atoms with Crippen molar-refractivity contribution < 1.29 is 32.0 Å². The fourth-order valence-corrected chi connectivity index (χ4v) is 2.33. The van der Waals surface area contributed by atoms with Gasteiger partial charge >= 0.3 is 12.3 Å². The van der Waals surface area contributed by atoms with E-state index >= 15 is 0 Å². The summed E-state index contributed by atoms with van der Waals surface area (Å²) >= 11 is 0. The summed E-state index contributed by atoms with van der Waals surface area (Å²) in [6.07, 6.45) is -4.79. The summed E-state index contributed by atoms with van der Waals surface area (Å²) in [7, 11) is 0. The van der Waals surface area contributed by atoms with Crippen molar-refractivity contribution in [1.29, 1.82) is 5.26 Å². The third kappa shape index (κ3) is 3.85. The molecule has 0 spiro atoms. The van der Waals surface area contributed by atoms with Gasteiger partial charge in [-0.2, -0.15) is 18.4 Å². The molecule has 0 aromatic carbocycles. The van der Waals surface area contributed by atoms with E-state index < -0.39 is 36.0 Å². The molecule has 1 aliphatic heterocycles. The molecule has 2 atom stereocenters. The van der Waals surface area contributed by atoms with Gasteiger partial charge in [0.1, 0.15) is 23.9 Å². The zero-order valence-electron chi connectivity index (χ0n) is 13.0. The van der Waals surface area contributed by atoms with Gasteiger partial charge in [0.25, 0.3) is 0 Å². The Morgan fingerprint density at radius 1 is 1.42 bits per heavy atom. The fourth-order valence-electron chi connectivity index (χ4n) is 2.33. The molecule has 136 valence electrons. The maximum atomic E-state index is 12.9. The van der Waals surface area contributed by atoms with Crippen molar-refractivity contribution in [3.05, 3.63) is 41.4 Å². The molecule has 0 saturated carbocycles. The van der Waals surface area contributed by atoms with Crippen LogP contribution >= 0.6 is 0 Å². The summed E-state index contributed by atoms with van der Waals surface area (Å²) in [6, 6.07) is 4.41. The van der Waals surface area contributed by atoms with Crippen LogP contribution in [0, 0.1) is 11.3 Å². The lowest BCUT2D eigenvalue weighted by molar-refractivity contribution is -0.141. The molecule has 1 N–H and O–H groups in total. The van der Waals surface area contributed by atoms with E-state index in [9.17, 15) is 18.0 Å². The molecule has 0 aliphatic carbocycles. The van der Waals surface area contributed by atoms with Crippen LogP contribution in [0.5, 0.6) is 5.88 Å². The third-order valence-corrected chi connectivity index (χ3v) is 3.54. The Hall–Kier alpha value is -3.29. The number of nitrogens with one attached hydrogen (secondary N) is 1. The Bertz CT molecular complexity index is 832. The minimum Gasteiger partial charge on any atom is -0.465 e. The van der Waals surface area contributed by atoms with E-state index in [1.54, 1.807) is 6.07 Å². The van der Waals surface area contributed by atoms with Gasteiger partial charge in [-0.1, -0.05) is 5.16 Å². The number of hydrogen-bond donors (Lipinski definition) is 1. The number of alkyl carbamates (subject to hydrolysis) is 1. The first-order valence-corrected chi connectivity index (χ1v) is 7.35. The Balaban J connectivity index is 1.89. The highest BCUT2D eigenvalue weighted by Crippen LogP contribution is 2.32. The molecular weight excluding hydrogens is 357 g/mol. The molecule has 8 nitrogen and oxygen atoms in total. The van der Waals surface area contributed by atoms with Crippen molar-refractivity contribution in [1.82, 2.24) is 15.5 Å². The zero-order valence-corrected chi connectivity index (χ0v) is 13.0. The third-order valence-electron chi connectivity index (χ3n) is 3.54. The summed E-state index contributed by atoms with van der Waals surface area (Å²) in [6.45, 7) is 0.0634. The van der Waals surface area contributed by atoms with Gasteiger partial charge in [0.15, 0.2) is 11.9 Å². The predicted molar refractivity (Wildman–Crippen MR) is 76.7 cm³/mol. The average Bonchev–Trinajstić information content (AvgIpc) is 3.25. The number of ether oxygens (including phenoxy) is 2. The van der Waals surface area contributed by atoms with Gasteiger partial charge in [-0.05, 0) is 12.1 Å². The molecule has 0 bridgehead atoms. The fraction of sp³-hybridized carbons (Fsp3) is 0.333. The first-order valence-electron chi connectivity index (χ1n) is 7.35. The highest BCUT2D eigenvalue weighted by Gasteiger charge is 2.34. The molecular formula is C15H11F3N4O4. The number of halogens is 3.